The van der Waals surface area contributed by atoms with Gasteiger partial charge in [0, 0.05) is 24.0 Å². The number of carbonyl (C=O) groups is 2. The molecule has 23 heavy (non-hydrogen) atoms. The monoisotopic (exact) mass is 317 g/mol. The minimum Gasteiger partial charge on any atom is -0.477 e. The number of benzene rings is 1. The van der Waals surface area contributed by atoms with Crippen molar-refractivity contribution in [2.24, 2.45) is 0 Å². The van der Waals surface area contributed by atoms with Crippen LogP contribution in [0.15, 0.2) is 47.4 Å². The number of non-ortho nitro benzene ring substituents is 1. The highest BCUT2D eigenvalue weighted by Gasteiger charge is 2.13. The zero-order valence-corrected chi connectivity index (χ0v) is 11.6. The lowest BCUT2D eigenvalue weighted by atomic mass is 10.2. The van der Waals surface area contributed by atoms with E-state index >= 15 is 0 Å². The van der Waals surface area contributed by atoms with E-state index in [4.69, 9.17) is 5.11 Å². The zero-order chi connectivity index (χ0) is 17.0. The first kappa shape index (κ1) is 15.9. The largest absolute Gasteiger partial charge is 0.477 e. The van der Waals surface area contributed by atoms with Gasteiger partial charge in [-0.15, -0.1) is 0 Å². The minimum atomic E-state index is -1.39. The number of nitro benzene ring substituents is 1. The van der Waals surface area contributed by atoms with Crippen LogP contribution in [0.25, 0.3) is 0 Å². The molecule has 0 atom stereocenters. The van der Waals surface area contributed by atoms with Gasteiger partial charge in [0.1, 0.15) is 12.1 Å². The summed E-state index contributed by atoms with van der Waals surface area (Å²) >= 11 is 0. The Morgan fingerprint density at radius 3 is 2.65 bits per heavy atom. The minimum absolute atomic E-state index is 0.187. The molecular weight excluding hydrogens is 306 g/mol. The molecule has 9 nitrogen and oxygen atoms in total. The molecule has 1 amide bonds. The summed E-state index contributed by atoms with van der Waals surface area (Å²) in [4.78, 5) is 44.7. The number of aromatic nitrogens is 1. The fourth-order valence-electron chi connectivity index (χ4n) is 1.88. The van der Waals surface area contributed by atoms with Gasteiger partial charge in [-0.25, -0.2) is 4.79 Å². The summed E-state index contributed by atoms with van der Waals surface area (Å²) in [5, 5.41) is 21.9. The molecule has 0 spiro atoms. The van der Waals surface area contributed by atoms with Crippen molar-refractivity contribution in [3.8, 4) is 0 Å². The fraction of sp³-hybridized carbons (Fsp3) is 0.0714. The lowest BCUT2D eigenvalue weighted by Crippen LogP contribution is -2.30. The average Bonchev–Trinajstić information content (AvgIpc) is 2.49. The highest BCUT2D eigenvalue weighted by atomic mass is 16.6. The Kier molecular flexibility index (Phi) is 4.50. The van der Waals surface area contributed by atoms with Crippen molar-refractivity contribution in [3.05, 3.63) is 68.6 Å². The number of carboxylic acid groups (broad SMARTS) is 1. The van der Waals surface area contributed by atoms with Gasteiger partial charge in [-0.1, -0.05) is 6.07 Å². The van der Waals surface area contributed by atoms with Crippen LogP contribution in [0, 0.1) is 10.1 Å². The highest BCUT2D eigenvalue weighted by molar-refractivity contribution is 5.91. The lowest BCUT2D eigenvalue weighted by molar-refractivity contribution is -0.384. The number of nitrogens with zero attached hydrogens (tertiary/aromatic N) is 2. The van der Waals surface area contributed by atoms with Gasteiger partial charge in [-0.3, -0.25) is 19.7 Å². The molecule has 0 bridgehead atoms. The lowest BCUT2D eigenvalue weighted by Gasteiger charge is -2.08. The molecule has 1 heterocycles. The Morgan fingerprint density at radius 1 is 1.26 bits per heavy atom. The van der Waals surface area contributed by atoms with Gasteiger partial charge in [0.15, 0.2) is 0 Å². The Labute approximate surface area is 128 Å². The molecule has 2 aromatic rings. The average molecular weight is 317 g/mol. The first-order chi connectivity index (χ1) is 10.9. The molecule has 0 aliphatic heterocycles. The summed E-state index contributed by atoms with van der Waals surface area (Å²) in [6.07, 6.45) is 1.28. The molecule has 0 unspecified atom stereocenters. The topological polar surface area (TPSA) is 132 Å². The van der Waals surface area contributed by atoms with Crippen LogP contribution in [0.5, 0.6) is 0 Å². The van der Waals surface area contributed by atoms with Gasteiger partial charge < -0.3 is 15.0 Å². The Balaban J connectivity index is 2.16. The summed E-state index contributed by atoms with van der Waals surface area (Å²) in [6, 6.07) is 7.79. The molecule has 0 fully saturated rings. The van der Waals surface area contributed by atoms with Crippen LogP contribution < -0.4 is 10.9 Å². The van der Waals surface area contributed by atoms with Crippen molar-refractivity contribution >= 4 is 23.3 Å². The highest BCUT2D eigenvalue weighted by Crippen LogP contribution is 2.16. The molecule has 118 valence electrons. The second-order valence-corrected chi connectivity index (χ2v) is 4.52. The molecule has 2 N–H and O–H groups in total. The van der Waals surface area contributed by atoms with E-state index in [-0.39, 0.29) is 11.4 Å². The molecule has 0 radical (unpaired) electrons. The van der Waals surface area contributed by atoms with E-state index in [1.54, 1.807) is 0 Å². The van der Waals surface area contributed by atoms with Crippen LogP contribution in [0.1, 0.15) is 10.4 Å². The fourth-order valence-corrected chi connectivity index (χ4v) is 1.88. The third-order valence-electron chi connectivity index (χ3n) is 2.91. The van der Waals surface area contributed by atoms with Gasteiger partial charge in [0.05, 0.1) is 4.92 Å². The first-order valence-corrected chi connectivity index (χ1v) is 6.35. The molecule has 2 rings (SSSR count). The molecule has 1 aromatic heterocycles. The molecule has 9 heteroatoms. The van der Waals surface area contributed by atoms with Gasteiger partial charge in [-0.2, -0.15) is 0 Å². The number of carboxylic acids is 1. The van der Waals surface area contributed by atoms with Gasteiger partial charge >= 0.3 is 5.97 Å². The van der Waals surface area contributed by atoms with E-state index in [0.717, 1.165) is 10.6 Å². The maximum Gasteiger partial charge on any atom is 0.341 e. The van der Waals surface area contributed by atoms with E-state index in [1.165, 1.54) is 36.5 Å². The van der Waals surface area contributed by atoms with Crippen molar-refractivity contribution in [2.45, 2.75) is 6.54 Å². The van der Waals surface area contributed by atoms with Crippen molar-refractivity contribution in [3.63, 3.8) is 0 Å². The maximum atomic E-state index is 11.9. The third-order valence-corrected chi connectivity index (χ3v) is 2.91. The van der Waals surface area contributed by atoms with E-state index in [1.807, 2.05) is 0 Å². The molecule has 1 aromatic carbocycles. The summed E-state index contributed by atoms with van der Waals surface area (Å²) in [5.74, 6) is -2.00. The number of nitro groups is 1. The van der Waals surface area contributed by atoms with Crippen LogP contribution in [-0.2, 0) is 11.3 Å². The van der Waals surface area contributed by atoms with Gasteiger partial charge in [-0.05, 0) is 18.2 Å². The van der Waals surface area contributed by atoms with Crippen LogP contribution in [-0.4, -0.2) is 26.5 Å². The Morgan fingerprint density at radius 2 is 2.00 bits per heavy atom. The number of hydrogen-bond donors (Lipinski definition) is 2. The van der Waals surface area contributed by atoms with Crippen molar-refractivity contribution < 1.29 is 19.6 Å². The Bertz CT molecular complexity index is 842. The second kappa shape index (κ2) is 6.52. The summed E-state index contributed by atoms with van der Waals surface area (Å²) in [6.45, 7) is -0.414. The smallest absolute Gasteiger partial charge is 0.341 e. The van der Waals surface area contributed by atoms with Crippen molar-refractivity contribution in [1.82, 2.24) is 4.57 Å². The predicted octanol–water partition coefficient (Wildman–Crippen LogP) is 1.09. The quantitative estimate of drug-likeness (QED) is 0.627. The normalized spacial score (nSPS) is 10.1. The van der Waals surface area contributed by atoms with Gasteiger partial charge in [0.25, 0.3) is 11.2 Å². The van der Waals surface area contributed by atoms with Crippen LogP contribution >= 0.6 is 0 Å². The second-order valence-electron chi connectivity index (χ2n) is 4.52. The standard InChI is InChI=1S/C14H11N3O6/c18-12(15-9-3-1-4-10(7-9)17(22)23)8-16-6-2-5-11(13(16)19)14(20)21/h1-7H,8H2,(H,15,18)(H,20,21). The number of hydrogen-bond acceptors (Lipinski definition) is 5. The number of nitrogens with one attached hydrogen (secondary N) is 1. The molecule has 0 aliphatic carbocycles. The van der Waals surface area contributed by atoms with Crippen LogP contribution in [0.3, 0.4) is 0 Å². The van der Waals surface area contributed by atoms with Crippen LogP contribution in [0.2, 0.25) is 0 Å². The number of amides is 1. The first-order valence-electron chi connectivity index (χ1n) is 6.35. The maximum absolute atomic E-state index is 11.9. The number of anilines is 1. The van der Waals surface area contributed by atoms with Crippen molar-refractivity contribution in [2.75, 3.05) is 5.32 Å². The molecule has 0 saturated heterocycles. The summed E-state index contributed by atoms with van der Waals surface area (Å²) < 4.78 is 0.941. The van der Waals surface area contributed by atoms with E-state index < -0.39 is 34.5 Å². The number of aromatic carboxylic acids is 1. The Hall–Kier alpha value is -3.49. The summed E-state index contributed by atoms with van der Waals surface area (Å²) in [7, 11) is 0. The SMILES string of the molecule is O=C(Cn1cccc(C(=O)O)c1=O)Nc1cccc([N+](=O)[O-])c1. The number of rotatable bonds is 5. The molecule has 0 saturated carbocycles. The van der Waals surface area contributed by atoms with E-state index in [0.29, 0.717) is 0 Å². The number of pyridine rings is 1. The predicted molar refractivity (Wildman–Crippen MR) is 79.4 cm³/mol. The van der Waals surface area contributed by atoms with Gasteiger partial charge in [0.2, 0.25) is 5.91 Å². The van der Waals surface area contributed by atoms with E-state index in [9.17, 15) is 24.5 Å². The third kappa shape index (κ3) is 3.79. The molecular formula is C14H11N3O6. The zero-order valence-electron chi connectivity index (χ0n) is 11.6. The number of carbonyl (C=O) groups excluding carboxylic acids is 1. The molecule has 0 aliphatic rings. The summed E-state index contributed by atoms with van der Waals surface area (Å²) in [5.41, 5.74) is -1.25. The van der Waals surface area contributed by atoms with Crippen molar-refractivity contribution in [1.29, 1.82) is 0 Å². The van der Waals surface area contributed by atoms with Crippen LogP contribution in [0.4, 0.5) is 11.4 Å². The van der Waals surface area contributed by atoms with E-state index in [2.05, 4.69) is 5.32 Å².